The zero-order valence-corrected chi connectivity index (χ0v) is 26.4. The zero-order chi connectivity index (χ0) is 31.6. The summed E-state index contributed by atoms with van der Waals surface area (Å²) >= 11 is 0. The molecule has 4 aliphatic rings. The second-order valence-corrected chi connectivity index (χ2v) is 13.8. The number of nitrogens with one attached hydrogen (secondary N) is 2. The molecular weight excluding hydrogens is 572 g/mol. The van der Waals surface area contributed by atoms with Gasteiger partial charge in [-0.25, -0.2) is 0 Å². The van der Waals surface area contributed by atoms with Crippen molar-refractivity contribution in [3.63, 3.8) is 0 Å². The van der Waals surface area contributed by atoms with Crippen molar-refractivity contribution in [2.75, 3.05) is 38.4 Å². The number of carbonyl (C=O) groups excluding carboxylic acids is 2. The van der Waals surface area contributed by atoms with Crippen LogP contribution >= 0.6 is 0 Å². The molecule has 0 spiro atoms. The molecule has 0 radical (unpaired) electrons. The second-order valence-electron chi connectivity index (χ2n) is 13.8. The molecule has 9 nitrogen and oxygen atoms in total. The molecule has 6 rings (SSSR count). The number of ether oxygens (including phenoxy) is 3. The Balaban J connectivity index is 1.07. The van der Waals surface area contributed by atoms with Crippen LogP contribution in [-0.2, 0) is 23.9 Å². The Kier molecular flexibility index (Phi) is 9.20. The molecule has 2 aromatic rings. The van der Waals surface area contributed by atoms with Crippen molar-refractivity contribution in [2.24, 2.45) is 34.5 Å². The maximum atomic E-state index is 14.0. The van der Waals surface area contributed by atoms with Crippen LogP contribution in [0.1, 0.15) is 58.8 Å². The first-order valence-corrected chi connectivity index (χ1v) is 16.5. The third-order valence-electron chi connectivity index (χ3n) is 11.5. The van der Waals surface area contributed by atoms with Gasteiger partial charge in [-0.15, -0.1) is 0 Å². The Morgan fingerprint density at radius 3 is 2.49 bits per heavy atom. The van der Waals surface area contributed by atoms with Crippen LogP contribution in [-0.4, -0.2) is 62.0 Å². The first-order chi connectivity index (χ1) is 21.7. The fraction of sp³-hybridized carbons (Fsp3) is 0.583. The Morgan fingerprint density at radius 2 is 1.67 bits per heavy atom. The van der Waals surface area contributed by atoms with Gasteiger partial charge in [-0.2, -0.15) is 0 Å². The molecule has 3 saturated carbocycles. The molecule has 242 valence electrons. The van der Waals surface area contributed by atoms with Crippen LogP contribution in [0, 0.1) is 34.5 Å². The van der Waals surface area contributed by atoms with Crippen LogP contribution in [0.5, 0.6) is 5.75 Å². The number of carboxylic acids is 1. The lowest BCUT2D eigenvalue weighted by molar-refractivity contribution is -0.138. The summed E-state index contributed by atoms with van der Waals surface area (Å²) in [6.45, 7) is 6.30. The summed E-state index contributed by atoms with van der Waals surface area (Å²) in [5.41, 5.74) is 0.760. The van der Waals surface area contributed by atoms with E-state index in [-0.39, 0.29) is 47.6 Å². The van der Waals surface area contributed by atoms with Gasteiger partial charge in [0.2, 0.25) is 11.8 Å². The van der Waals surface area contributed by atoms with Crippen molar-refractivity contribution in [3.8, 4) is 5.75 Å². The van der Waals surface area contributed by atoms with E-state index in [4.69, 9.17) is 19.3 Å². The van der Waals surface area contributed by atoms with Crippen LogP contribution in [0.3, 0.4) is 0 Å². The number of carbonyl (C=O) groups is 3. The Bertz CT molecular complexity index is 1460. The number of anilines is 1. The number of amides is 2. The predicted molar refractivity (Wildman–Crippen MR) is 171 cm³/mol. The van der Waals surface area contributed by atoms with Gasteiger partial charge in [-0.3, -0.25) is 14.4 Å². The highest BCUT2D eigenvalue weighted by molar-refractivity contribution is 6.04. The molecule has 3 N–H and O–H groups in total. The predicted octanol–water partition coefficient (Wildman–Crippen LogP) is 5.58. The summed E-state index contributed by atoms with van der Waals surface area (Å²) in [5, 5.41) is 17.1. The number of benzene rings is 2. The largest absolute Gasteiger partial charge is 0.491 e. The Morgan fingerprint density at radius 1 is 0.911 bits per heavy atom. The van der Waals surface area contributed by atoms with E-state index in [2.05, 4.69) is 30.6 Å². The zero-order valence-electron chi connectivity index (χ0n) is 26.4. The molecule has 2 aromatic carbocycles. The van der Waals surface area contributed by atoms with E-state index in [1.165, 1.54) is 0 Å². The molecule has 1 heterocycles. The topological polar surface area (TPSA) is 123 Å². The number of hydrogen-bond acceptors (Lipinski definition) is 6. The smallest absolute Gasteiger partial charge is 0.305 e. The maximum absolute atomic E-state index is 14.0. The lowest BCUT2D eigenvalue weighted by Crippen LogP contribution is -2.59. The molecule has 3 fully saturated rings. The number of carboxylic acid groups (broad SMARTS) is 1. The lowest BCUT2D eigenvalue weighted by atomic mass is 9.48. The van der Waals surface area contributed by atoms with Crippen molar-refractivity contribution in [1.29, 1.82) is 0 Å². The van der Waals surface area contributed by atoms with E-state index in [1.54, 1.807) is 6.08 Å². The molecule has 1 aliphatic heterocycles. The van der Waals surface area contributed by atoms with E-state index in [1.807, 2.05) is 36.4 Å². The van der Waals surface area contributed by atoms with Crippen molar-refractivity contribution in [3.05, 3.63) is 48.6 Å². The van der Waals surface area contributed by atoms with Gasteiger partial charge >= 0.3 is 5.97 Å². The summed E-state index contributed by atoms with van der Waals surface area (Å²) in [5.74, 6) is 1.59. The molecule has 3 aliphatic carbocycles. The highest BCUT2D eigenvalue weighted by Gasteiger charge is 2.60. The minimum Gasteiger partial charge on any atom is -0.491 e. The standard InChI is InChI=1S/C36H46N2O7/c1-35-16-13-27-25(9-12-31-36(27,2)17-14-32(39)38-31)26(35)10-11-28(35)34(42)37-29-7-3-6-24-23(29)5-4-8-30(24)45-22-21-44-20-19-43-18-15-33(40)41/h3-8,14,17,25-28,31H,9-13,15-16,18-22H2,1-2H3,(H,37,42)(H,38,39)(H,40,41)/t25-,26-,27-,28+,31+,35-,36+/m0/s1. The summed E-state index contributed by atoms with van der Waals surface area (Å²) in [6, 6.07) is 12.0. The highest BCUT2D eigenvalue weighted by Crippen LogP contribution is 2.65. The summed E-state index contributed by atoms with van der Waals surface area (Å²) < 4.78 is 16.8. The van der Waals surface area contributed by atoms with E-state index >= 15 is 0 Å². The Hall–Kier alpha value is -3.43. The van der Waals surface area contributed by atoms with Gasteiger partial charge in [-0.05, 0) is 79.9 Å². The van der Waals surface area contributed by atoms with Gasteiger partial charge in [0.15, 0.2) is 0 Å². The average Bonchev–Trinajstić information content (AvgIpc) is 3.38. The summed E-state index contributed by atoms with van der Waals surface area (Å²) in [4.78, 5) is 36.6. The highest BCUT2D eigenvalue weighted by atomic mass is 16.5. The van der Waals surface area contributed by atoms with Gasteiger partial charge in [-0.1, -0.05) is 44.2 Å². The van der Waals surface area contributed by atoms with Crippen LogP contribution in [0.25, 0.3) is 10.8 Å². The summed E-state index contributed by atoms with van der Waals surface area (Å²) in [6.07, 6.45) is 10.1. The molecule has 7 atom stereocenters. The van der Waals surface area contributed by atoms with Gasteiger partial charge in [0.25, 0.3) is 0 Å². The third-order valence-corrected chi connectivity index (χ3v) is 11.5. The van der Waals surface area contributed by atoms with Gasteiger partial charge < -0.3 is 30.0 Å². The van der Waals surface area contributed by atoms with Crippen LogP contribution in [0.2, 0.25) is 0 Å². The Labute approximate surface area is 265 Å². The molecule has 9 heteroatoms. The first kappa shape index (κ1) is 31.5. The van der Waals surface area contributed by atoms with E-state index in [9.17, 15) is 14.4 Å². The van der Waals surface area contributed by atoms with Crippen LogP contribution < -0.4 is 15.4 Å². The average molecular weight is 619 g/mol. The van der Waals surface area contributed by atoms with E-state index < -0.39 is 5.97 Å². The van der Waals surface area contributed by atoms with Crippen molar-refractivity contribution >= 4 is 34.2 Å². The lowest BCUT2D eigenvalue weighted by Gasteiger charge is -2.58. The van der Waals surface area contributed by atoms with E-state index in [0.717, 1.165) is 60.7 Å². The summed E-state index contributed by atoms with van der Waals surface area (Å²) in [7, 11) is 0. The fourth-order valence-corrected chi connectivity index (χ4v) is 9.19. The quantitative estimate of drug-likeness (QED) is 0.266. The molecule has 0 aromatic heterocycles. The number of hydrogen-bond donors (Lipinski definition) is 3. The first-order valence-electron chi connectivity index (χ1n) is 16.5. The van der Waals surface area contributed by atoms with Gasteiger partial charge in [0.1, 0.15) is 12.4 Å². The fourth-order valence-electron chi connectivity index (χ4n) is 9.19. The second kappa shape index (κ2) is 13.1. The normalized spacial score (nSPS) is 31.9. The minimum absolute atomic E-state index is 0.00883. The monoisotopic (exact) mass is 618 g/mol. The third kappa shape index (κ3) is 6.21. The molecule has 0 unspecified atom stereocenters. The van der Waals surface area contributed by atoms with E-state index in [0.29, 0.717) is 44.2 Å². The van der Waals surface area contributed by atoms with Crippen LogP contribution in [0.4, 0.5) is 5.69 Å². The molecular formula is C36H46N2O7. The van der Waals surface area contributed by atoms with Crippen molar-refractivity contribution in [2.45, 2.75) is 64.8 Å². The molecule has 0 saturated heterocycles. The SMILES string of the molecule is C[C@]12C=CC(=O)N[C@@H]1CC[C@@H]1[C@@H]2CC[C@]2(C)[C@@H](C(=O)Nc3cccc4c(OCCOCCOCCC(=O)O)cccc34)CC[C@@H]12. The van der Waals surface area contributed by atoms with Crippen molar-refractivity contribution in [1.82, 2.24) is 5.32 Å². The minimum atomic E-state index is -0.881. The number of fused-ring (bicyclic) bond motifs is 6. The number of rotatable bonds is 12. The molecule has 45 heavy (non-hydrogen) atoms. The van der Waals surface area contributed by atoms with Gasteiger partial charge in [0, 0.05) is 33.8 Å². The molecule has 2 amide bonds. The number of aliphatic carboxylic acids is 1. The van der Waals surface area contributed by atoms with Crippen molar-refractivity contribution < 1.29 is 33.7 Å². The van der Waals surface area contributed by atoms with Crippen LogP contribution in [0.15, 0.2) is 48.6 Å². The molecule has 0 bridgehead atoms. The van der Waals surface area contributed by atoms with Gasteiger partial charge in [0.05, 0.1) is 32.8 Å². The maximum Gasteiger partial charge on any atom is 0.305 e.